The molecule has 0 saturated carbocycles. The zero-order valence-corrected chi connectivity index (χ0v) is 18.6. The van der Waals surface area contributed by atoms with Crippen molar-refractivity contribution in [3.05, 3.63) is 108 Å². The highest BCUT2D eigenvalue weighted by Gasteiger charge is 2.15. The third kappa shape index (κ3) is 6.59. The predicted octanol–water partition coefficient (Wildman–Crippen LogP) is 5.94. The predicted molar refractivity (Wildman–Crippen MR) is 131 cm³/mol. The number of anilines is 1. The molecular weight excluding hydrogens is 412 g/mol. The highest BCUT2D eigenvalue weighted by atomic mass is 16.5. The Labute approximate surface area is 194 Å². The first-order valence-electron chi connectivity index (χ1n) is 10.7. The minimum Gasteiger partial charge on any atom is -0.490 e. The summed E-state index contributed by atoms with van der Waals surface area (Å²) in [4.78, 5) is 12.6. The number of benzene rings is 3. The Morgan fingerprint density at radius 1 is 1.06 bits per heavy atom. The molecule has 5 nitrogen and oxygen atoms in total. The van der Waals surface area contributed by atoms with Crippen molar-refractivity contribution in [2.75, 3.05) is 11.9 Å². The summed E-state index contributed by atoms with van der Waals surface area (Å²) in [5.74, 6) is 0.709. The van der Waals surface area contributed by atoms with Crippen LogP contribution >= 0.6 is 0 Å². The van der Waals surface area contributed by atoms with E-state index >= 15 is 0 Å². The Kier molecular flexibility index (Phi) is 8.44. The largest absolute Gasteiger partial charge is 0.490 e. The van der Waals surface area contributed by atoms with Crippen molar-refractivity contribution in [2.24, 2.45) is 0 Å². The van der Waals surface area contributed by atoms with E-state index in [4.69, 9.17) is 9.47 Å². The molecule has 0 bridgehead atoms. The van der Waals surface area contributed by atoms with Crippen LogP contribution < -0.4 is 14.8 Å². The minimum absolute atomic E-state index is 0.0104. The van der Waals surface area contributed by atoms with Crippen molar-refractivity contribution in [1.82, 2.24) is 0 Å². The number of rotatable bonds is 10. The topological polar surface area (TPSA) is 71.4 Å². The van der Waals surface area contributed by atoms with Gasteiger partial charge in [-0.05, 0) is 54.8 Å². The Balaban J connectivity index is 1.93. The van der Waals surface area contributed by atoms with Gasteiger partial charge in [0.1, 0.15) is 18.2 Å². The van der Waals surface area contributed by atoms with Gasteiger partial charge in [-0.25, -0.2) is 0 Å². The van der Waals surface area contributed by atoms with E-state index < -0.39 is 5.91 Å². The summed E-state index contributed by atoms with van der Waals surface area (Å²) >= 11 is 0. The Morgan fingerprint density at radius 2 is 1.76 bits per heavy atom. The molecule has 0 saturated heterocycles. The molecule has 3 aromatic rings. The van der Waals surface area contributed by atoms with Gasteiger partial charge in [-0.15, -0.1) is 6.58 Å². The van der Waals surface area contributed by atoms with Gasteiger partial charge in [-0.3, -0.25) is 4.79 Å². The van der Waals surface area contributed by atoms with Gasteiger partial charge in [0, 0.05) is 11.3 Å². The van der Waals surface area contributed by atoms with E-state index in [9.17, 15) is 10.1 Å². The van der Waals surface area contributed by atoms with E-state index in [1.807, 2.05) is 67.6 Å². The molecule has 0 radical (unpaired) electrons. The second-order valence-electron chi connectivity index (χ2n) is 7.20. The number of allylic oxidation sites excluding steroid dienone is 1. The van der Waals surface area contributed by atoms with Gasteiger partial charge in [0.15, 0.2) is 11.5 Å². The van der Waals surface area contributed by atoms with Gasteiger partial charge < -0.3 is 14.8 Å². The molecule has 0 unspecified atom stereocenters. The van der Waals surface area contributed by atoms with Crippen molar-refractivity contribution in [1.29, 1.82) is 5.26 Å². The van der Waals surface area contributed by atoms with E-state index in [-0.39, 0.29) is 5.57 Å². The number of amides is 1. The van der Waals surface area contributed by atoms with Crippen LogP contribution in [0.2, 0.25) is 0 Å². The van der Waals surface area contributed by atoms with Crippen molar-refractivity contribution < 1.29 is 14.3 Å². The fourth-order valence-electron chi connectivity index (χ4n) is 3.27. The molecule has 33 heavy (non-hydrogen) atoms. The second-order valence-corrected chi connectivity index (χ2v) is 7.20. The number of nitriles is 1. The molecule has 166 valence electrons. The quantitative estimate of drug-likeness (QED) is 0.242. The fraction of sp³-hybridized carbons (Fsp3) is 0.143. The van der Waals surface area contributed by atoms with Crippen LogP contribution in [0.5, 0.6) is 11.5 Å². The summed E-state index contributed by atoms with van der Waals surface area (Å²) < 4.78 is 12.0. The van der Waals surface area contributed by atoms with Gasteiger partial charge in [0.2, 0.25) is 0 Å². The monoisotopic (exact) mass is 438 g/mol. The number of hydrogen-bond acceptors (Lipinski definition) is 4. The molecule has 0 aliphatic carbocycles. The lowest BCUT2D eigenvalue weighted by Gasteiger charge is -2.17. The van der Waals surface area contributed by atoms with E-state index in [0.29, 0.717) is 42.4 Å². The number of hydrogen-bond donors (Lipinski definition) is 1. The number of carbonyl (C=O) groups excluding carboxylic acids is 1. The van der Waals surface area contributed by atoms with Gasteiger partial charge in [-0.2, -0.15) is 5.26 Å². The molecule has 0 spiro atoms. The highest BCUT2D eigenvalue weighted by molar-refractivity contribution is 6.09. The van der Waals surface area contributed by atoms with Crippen LogP contribution in [0.15, 0.2) is 91.0 Å². The molecule has 1 N–H and O–H groups in total. The Hall–Kier alpha value is -4.30. The van der Waals surface area contributed by atoms with Crippen LogP contribution in [-0.4, -0.2) is 12.5 Å². The number of carbonyl (C=O) groups is 1. The van der Waals surface area contributed by atoms with Crippen LogP contribution in [-0.2, 0) is 17.8 Å². The van der Waals surface area contributed by atoms with Crippen LogP contribution in [0, 0.1) is 11.3 Å². The highest BCUT2D eigenvalue weighted by Crippen LogP contribution is 2.35. The molecule has 0 fully saturated rings. The maximum absolute atomic E-state index is 12.6. The number of nitrogens with one attached hydrogen (secondary N) is 1. The third-order valence-electron chi connectivity index (χ3n) is 4.75. The second kappa shape index (κ2) is 11.9. The molecule has 0 aliphatic heterocycles. The molecule has 3 rings (SSSR count). The fourth-order valence-corrected chi connectivity index (χ4v) is 3.27. The van der Waals surface area contributed by atoms with Crippen molar-refractivity contribution in [3.63, 3.8) is 0 Å². The average Bonchev–Trinajstić information content (AvgIpc) is 2.83. The first-order chi connectivity index (χ1) is 16.1. The summed E-state index contributed by atoms with van der Waals surface area (Å²) in [7, 11) is 0. The maximum atomic E-state index is 12.6. The summed E-state index contributed by atoms with van der Waals surface area (Å²) in [5, 5.41) is 12.3. The van der Waals surface area contributed by atoms with E-state index in [1.165, 1.54) is 0 Å². The van der Waals surface area contributed by atoms with Gasteiger partial charge in [0.25, 0.3) is 5.91 Å². The smallest absolute Gasteiger partial charge is 0.266 e. The van der Waals surface area contributed by atoms with Crippen molar-refractivity contribution in [2.45, 2.75) is 20.0 Å². The summed E-state index contributed by atoms with van der Waals surface area (Å²) in [6, 6.07) is 24.5. The van der Waals surface area contributed by atoms with Crippen molar-refractivity contribution in [3.8, 4) is 17.6 Å². The first kappa shape index (κ1) is 23.4. The van der Waals surface area contributed by atoms with Crippen LogP contribution in [0.25, 0.3) is 6.08 Å². The van der Waals surface area contributed by atoms with Crippen molar-refractivity contribution >= 4 is 17.7 Å². The molecule has 0 heterocycles. The van der Waals surface area contributed by atoms with Crippen LogP contribution in [0.4, 0.5) is 5.69 Å². The lowest BCUT2D eigenvalue weighted by Crippen LogP contribution is -2.13. The lowest BCUT2D eigenvalue weighted by molar-refractivity contribution is -0.112. The standard InChI is InChI=1S/C28H26N2O3/c1-3-11-23-16-22(17-24(19-29)28(31)30-25-14-9-6-10-15-25)18-26(32-4-2)27(23)33-20-21-12-7-5-8-13-21/h3,5-10,12-18H,1,4,11,20H2,2H3,(H,30,31)/b24-17-. The summed E-state index contributed by atoms with van der Waals surface area (Å²) in [6.07, 6.45) is 3.87. The summed E-state index contributed by atoms with van der Waals surface area (Å²) in [6.45, 7) is 6.58. The zero-order chi connectivity index (χ0) is 23.5. The molecule has 0 atom stereocenters. The Morgan fingerprint density at radius 3 is 2.39 bits per heavy atom. The molecule has 3 aromatic carbocycles. The first-order valence-corrected chi connectivity index (χ1v) is 10.7. The number of para-hydroxylation sites is 1. The maximum Gasteiger partial charge on any atom is 0.266 e. The zero-order valence-electron chi connectivity index (χ0n) is 18.6. The SMILES string of the molecule is C=CCc1cc(/C=C(/C#N)C(=O)Nc2ccccc2)cc(OCC)c1OCc1ccccc1. The third-order valence-corrected chi connectivity index (χ3v) is 4.75. The van der Waals surface area contributed by atoms with Gasteiger partial charge in [-0.1, -0.05) is 54.6 Å². The average molecular weight is 439 g/mol. The van der Waals surface area contributed by atoms with Gasteiger partial charge >= 0.3 is 0 Å². The number of nitrogens with zero attached hydrogens (tertiary/aromatic N) is 1. The van der Waals surface area contributed by atoms with Gasteiger partial charge in [0.05, 0.1) is 6.61 Å². The molecule has 1 amide bonds. The minimum atomic E-state index is -0.476. The van der Waals surface area contributed by atoms with E-state index in [0.717, 1.165) is 11.1 Å². The lowest BCUT2D eigenvalue weighted by atomic mass is 10.0. The van der Waals surface area contributed by atoms with E-state index in [2.05, 4.69) is 11.9 Å². The molecule has 5 heteroatoms. The van der Waals surface area contributed by atoms with Crippen LogP contribution in [0.1, 0.15) is 23.6 Å². The Bertz CT molecular complexity index is 1160. The normalized spacial score (nSPS) is 10.7. The molecule has 0 aromatic heterocycles. The molecular formula is C28H26N2O3. The van der Waals surface area contributed by atoms with E-state index in [1.54, 1.807) is 30.4 Å². The van der Waals surface area contributed by atoms with Crippen LogP contribution in [0.3, 0.4) is 0 Å². The summed E-state index contributed by atoms with van der Waals surface area (Å²) in [5.41, 5.74) is 3.18. The number of ether oxygens (including phenoxy) is 2. The molecule has 0 aliphatic rings.